The molecule has 0 fully saturated rings. The molecule has 114 valence electrons. The van der Waals surface area contributed by atoms with Crippen LogP contribution in [0.2, 0.25) is 0 Å². The molecular weight excluding hydrogens is 252 g/mol. The van der Waals surface area contributed by atoms with E-state index in [-0.39, 0.29) is 12.2 Å². The van der Waals surface area contributed by atoms with Crippen molar-refractivity contribution in [2.45, 2.75) is 72.5 Å². The lowest BCUT2D eigenvalue weighted by atomic mass is 9.89. The summed E-state index contributed by atoms with van der Waals surface area (Å²) in [5, 5.41) is 10.4. The standard InChI is InChI=1S/C17H28O3/c1-6-12(7-2)11-14-15(13(8-3)9-4)20-17(19,10-5)16(14)18/h8,12,19H,6-7,9-11H2,1-5H3/b13-8+. The van der Waals surface area contributed by atoms with E-state index >= 15 is 0 Å². The van der Waals surface area contributed by atoms with Crippen molar-refractivity contribution in [2.75, 3.05) is 0 Å². The van der Waals surface area contributed by atoms with Crippen LogP contribution in [0.4, 0.5) is 0 Å². The summed E-state index contributed by atoms with van der Waals surface area (Å²) in [4.78, 5) is 12.5. The number of allylic oxidation sites excluding steroid dienone is 2. The van der Waals surface area contributed by atoms with Crippen LogP contribution in [0.25, 0.3) is 0 Å². The number of hydrogen-bond donors (Lipinski definition) is 1. The molecule has 0 aromatic rings. The van der Waals surface area contributed by atoms with Gasteiger partial charge in [0.1, 0.15) is 5.76 Å². The van der Waals surface area contributed by atoms with Crippen molar-refractivity contribution in [1.29, 1.82) is 0 Å². The van der Waals surface area contributed by atoms with Gasteiger partial charge in [0.2, 0.25) is 5.78 Å². The molecule has 1 N–H and O–H groups in total. The molecule has 1 unspecified atom stereocenters. The minimum atomic E-state index is -1.65. The monoisotopic (exact) mass is 280 g/mol. The molecule has 3 nitrogen and oxygen atoms in total. The first kappa shape index (κ1) is 17.0. The fraction of sp³-hybridized carbons (Fsp3) is 0.706. The first-order valence-electron chi connectivity index (χ1n) is 7.82. The maximum atomic E-state index is 12.5. The minimum absolute atomic E-state index is 0.241. The lowest BCUT2D eigenvalue weighted by molar-refractivity contribution is -0.177. The second-order valence-corrected chi connectivity index (χ2v) is 5.43. The maximum Gasteiger partial charge on any atom is 0.272 e. The summed E-state index contributed by atoms with van der Waals surface area (Å²) in [6, 6.07) is 0. The van der Waals surface area contributed by atoms with Gasteiger partial charge in [-0.15, -0.1) is 0 Å². The minimum Gasteiger partial charge on any atom is -0.454 e. The third-order valence-electron chi connectivity index (χ3n) is 4.32. The average molecular weight is 280 g/mol. The van der Waals surface area contributed by atoms with E-state index in [0.717, 1.165) is 24.8 Å². The van der Waals surface area contributed by atoms with Crippen LogP contribution in [0.5, 0.6) is 0 Å². The highest BCUT2D eigenvalue weighted by Gasteiger charge is 2.47. The van der Waals surface area contributed by atoms with Crippen LogP contribution in [0.15, 0.2) is 23.0 Å². The molecular formula is C17H28O3. The van der Waals surface area contributed by atoms with E-state index in [0.29, 0.717) is 23.7 Å². The summed E-state index contributed by atoms with van der Waals surface area (Å²) < 4.78 is 5.67. The zero-order valence-corrected chi connectivity index (χ0v) is 13.5. The zero-order chi connectivity index (χ0) is 15.3. The van der Waals surface area contributed by atoms with E-state index in [1.807, 2.05) is 19.9 Å². The summed E-state index contributed by atoms with van der Waals surface area (Å²) in [7, 11) is 0. The second kappa shape index (κ2) is 7.07. The SMILES string of the molecule is C/C=C(\CC)C1=C(CC(CC)CC)C(=O)C(O)(CC)O1. The Morgan fingerprint density at radius 2 is 1.90 bits per heavy atom. The van der Waals surface area contributed by atoms with E-state index in [9.17, 15) is 9.90 Å². The Labute approximate surface area is 122 Å². The van der Waals surface area contributed by atoms with Crippen molar-refractivity contribution in [1.82, 2.24) is 0 Å². The normalized spacial score (nSPS) is 23.8. The van der Waals surface area contributed by atoms with Gasteiger partial charge in [0.25, 0.3) is 5.79 Å². The fourth-order valence-corrected chi connectivity index (χ4v) is 2.65. The third-order valence-corrected chi connectivity index (χ3v) is 4.32. The summed E-state index contributed by atoms with van der Waals surface area (Å²) in [5.41, 5.74) is 1.68. The van der Waals surface area contributed by atoms with Crippen LogP contribution >= 0.6 is 0 Å². The molecule has 3 heteroatoms. The maximum absolute atomic E-state index is 12.5. The predicted octanol–water partition coefficient (Wildman–Crippen LogP) is 4.12. The van der Waals surface area contributed by atoms with Crippen molar-refractivity contribution >= 4 is 5.78 Å². The number of carbonyl (C=O) groups is 1. The van der Waals surface area contributed by atoms with Gasteiger partial charge in [0.15, 0.2) is 0 Å². The molecule has 0 radical (unpaired) electrons. The molecule has 0 aromatic carbocycles. The number of Topliss-reactive ketones (excluding diaryl/α,β-unsaturated/α-hetero) is 1. The average Bonchev–Trinajstić information content (AvgIpc) is 2.71. The Morgan fingerprint density at radius 1 is 1.30 bits per heavy atom. The molecule has 0 aromatic heterocycles. The molecule has 0 amide bonds. The number of hydrogen-bond acceptors (Lipinski definition) is 3. The van der Waals surface area contributed by atoms with E-state index in [4.69, 9.17) is 4.74 Å². The first-order chi connectivity index (χ1) is 9.47. The van der Waals surface area contributed by atoms with Crippen molar-refractivity contribution < 1.29 is 14.6 Å². The van der Waals surface area contributed by atoms with Crippen molar-refractivity contribution in [3.05, 3.63) is 23.0 Å². The van der Waals surface area contributed by atoms with Gasteiger partial charge in [-0.05, 0) is 31.3 Å². The highest BCUT2D eigenvalue weighted by molar-refractivity contribution is 6.03. The van der Waals surface area contributed by atoms with Crippen molar-refractivity contribution in [2.24, 2.45) is 5.92 Å². The molecule has 20 heavy (non-hydrogen) atoms. The van der Waals surface area contributed by atoms with Gasteiger partial charge in [-0.3, -0.25) is 4.79 Å². The van der Waals surface area contributed by atoms with Crippen LogP contribution in [-0.2, 0) is 9.53 Å². The Bertz CT molecular complexity index is 416. The molecule has 1 rings (SSSR count). The van der Waals surface area contributed by atoms with Crippen LogP contribution < -0.4 is 0 Å². The third kappa shape index (κ3) is 3.14. The largest absolute Gasteiger partial charge is 0.454 e. The first-order valence-corrected chi connectivity index (χ1v) is 7.82. The molecule has 0 aliphatic carbocycles. The fourth-order valence-electron chi connectivity index (χ4n) is 2.65. The lowest BCUT2D eigenvalue weighted by Crippen LogP contribution is -2.36. The number of aliphatic hydroxyl groups is 1. The van der Waals surface area contributed by atoms with E-state index in [1.54, 1.807) is 6.92 Å². The van der Waals surface area contributed by atoms with Crippen LogP contribution in [0.1, 0.15) is 66.7 Å². The highest BCUT2D eigenvalue weighted by Crippen LogP contribution is 2.39. The van der Waals surface area contributed by atoms with Crippen molar-refractivity contribution in [3.8, 4) is 0 Å². The predicted molar refractivity (Wildman–Crippen MR) is 81.1 cm³/mol. The van der Waals surface area contributed by atoms with Crippen molar-refractivity contribution in [3.63, 3.8) is 0 Å². The van der Waals surface area contributed by atoms with Crippen LogP contribution in [-0.4, -0.2) is 16.7 Å². The number of ketones is 1. The molecule has 1 heterocycles. The van der Waals surface area contributed by atoms with Gasteiger partial charge in [-0.2, -0.15) is 0 Å². The van der Waals surface area contributed by atoms with Gasteiger partial charge in [0, 0.05) is 12.0 Å². The van der Waals surface area contributed by atoms with E-state index in [1.165, 1.54) is 0 Å². The molecule has 0 bridgehead atoms. The van der Waals surface area contributed by atoms with Crippen LogP contribution in [0.3, 0.4) is 0 Å². The van der Waals surface area contributed by atoms with Crippen LogP contribution in [0, 0.1) is 5.92 Å². The Morgan fingerprint density at radius 3 is 2.30 bits per heavy atom. The zero-order valence-electron chi connectivity index (χ0n) is 13.5. The Kier molecular flexibility index (Phi) is 6.00. The number of rotatable bonds is 7. The van der Waals surface area contributed by atoms with Gasteiger partial charge in [-0.25, -0.2) is 0 Å². The number of ether oxygens (including phenoxy) is 1. The van der Waals surface area contributed by atoms with E-state index < -0.39 is 5.79 Å². The molecule has 1 atom stereocenters. The molecule has 1 aliphatic heterocycles. The second-order valence-electron chi connectivity index (χ2n) is 5.43. The summed E-state index contributed by atoms with van der Waals surface area (Å²) in [6.07, 6.45) is 5.80. The summed E-state index contributed by atoms with van der Waals surface area (Å²) in [5.74, 6) is -0.812. The molecule has 0 spiro atoms. The topological polar surface area (TPSA) is 46.5 Å². The molecule has 0 saturated carbocycles. The lowest BCUT2D eigenvalue weighted by Gasteiger charge is -2.20. The smallest absolute Gasteiger partial charge is 0.272 e. The summed E-state index contributed by atoms with van der Waals surface area (Å²) in [6.45, 7) is 10.0. The van der Waals surface area contributed by atoms with E-state index in [2.05, 4.69) is 13.8 Å². The van der Waals surface area contributed by atoms with Gasteiger partial charge in [-0.1, -0.05) is 46.6 Å². The van der Waals surface area contributed by atoms with Gasteiger partial charge in [0.05, 0.1) is 0 Å². The quantitative estimate of drug-likeness (QED) is 0.763. The Hall–Kier alpha value is -1.09. The highest BCUT2D eigenvalue weighted by atomic mass is 16.6. The molecule has 1 aliphatic rings. The van der Waals surface area contributed by atoms with Gasteiger partial charge >= 0.3 is 0 Å². The number of carbonyl (C=O) groups excluding carboxylic acids is 1. The van der Waals surface area contributed by atoms with Gasteiger partial charge < -0.3 is 9.84 Å². The Balaban J connectivity index is 3.19. The molecule has 0 saturated heterocycles. The summed E-state index contributed by atoms with van der Waals surface area (Å²) >= 11 is 0.